The largest absolute Gasteiger partial charge is 0.493 e. The number of anilines is 1. The zero-order valence-electron chi connectivity index (χ0n) is 12.9. The van der Waals surface area contributed by atoms with Crippen LogP contribution in [0.15, 0.2) is 40.9 Å². The minimum atomic E-state index is -0.428. The number of rotatable bonds is 7. The molecule has 0 fully saturated rings. The lowest BCUT2D eigenvalue weighted by atomic mass is 10.2. The fourth-order valence-electron chi connectivity index (χ4n) is 2.06. The van der Waals surface area contributed by atoms with Crippen molar-refractivity contribution in [1.29, 1.82) is 0 Å². The molecule has 0 aliphatic carbocycles. The smallest absolute Gasteiger partial charge is 0.271 e. The maximum Gasteiger partial charge on any atom is 0.271 e. The van der Waals surface area contributed by atoms with E-state index in [9.17, 15) is 10.1 Å². The molecule has 0 unspecified atom stereocenters. The summed E-state index contributed by atoms with van der Waals surface area (Å²) in [6, 6.07) is 10.0. The Morgan fingerprint density at radius 3 is 2.83 bits per heavy atom. The summed E-state index contributed by atoms with van der Waals surface area (Å²) in [5, 5.41) is 13.9. The van der Waals surface area contributed by atoms with Crippen molar-refractivity contribution in [2.75, 3.05) is 19.0 Å². The number of halogens is 1. The van der Waals surface area contributed by atoms with Gasteiger partial charge in [-0.15, -0.1) is 6.42 Å². The van der Waals surface area contributed by atoms with Gasteiger partial charge in [-0.3, -0.25) is 10.1 Å². The van der Waals surface area contributed by atoms with Crippen LogP contribution in [0.5, 0.6) is 11.5 Å². The molecule has 0 saturated heterocycles. The van der Waals surface area contributed by atoms with E-state index in [1.165, 1.54) is 12.1 Å². The first-order valence-corrected chi connectivity index (χ1v) is 7.75. The number of methoxy groups -OCH3 is 1. The fraction of sp³-hybridized carbons (Fsp3) is 0.176. The molecule has 0 atom stereocenters. The molecule has 24 heavy (non-hydrogen) atoms. The van der Waals surface area contributed by atoms with Gasteiger partial charge in [-0.2, -0.15) is 0 Å². The summed E-state index contributed by atoms with van der Waals surface area (Å²) in [6.07, 6.45) is 5.20. The zero-order chi connectivity index (χ0) is 17.5. The standard InChI is InChI=1S/C17H15BrN2O4/c1-3-7-24-17-15(18)8-12(9-16(17)23-2)11-19-13-5-4-6-14(10-13)20(21)22/h1,4-6,8-10,19H,7,11H2,2H3. The predicted octanol–water partition coefficient (Wildman–Crippen LogP) is 3.99. The van der Waals surface area contributed by atoms with Crippen LogP contribution in [-0.2, 0) is 6.54 Å². The molecule has 7 heteroatoms. The Bertz CT molecular complexity index is 787. The summed E-state index contributed by atoms with van der Waals surface area (Å²) in [4.78, 5) is 10.4. The van der Waals surface area contributed by atoms with Crippen LogP contribution < -0.4 is 14.8 Å². The lowest BCUT2D eigenvalue weighted by molar-refractivity contribution is -0.384. The molecule has 0 aliphatic rings. The molecule has 124 valence electrons. The van der Waals surface area contributed by atoms with E-state index < -0.39 is 4.92 Å². The van der Waals surface area contributed by atoms with Crippen molar-refractivity contribution in [2.24, 2.45) is 0 Å². The van der Waals surface area contributed by atoms with Crippen LogP contribution in [-0.4, -0.2) is 18.6 Å². The normalized spacial score (nSPS) is 9.88. The van der Waals surface area contributed by atoms with Gasteiger partial charge in [0, 0.05) is 24.4 Å². The molecule has 6 nitrogen and oxygen atoms in total. The molecule has 2 rings (SSSR count). The number of non-ortho nitro benzene ring substituents is 1. The molecular formula is C17H15BrN2O4. The van der Waals surface area contributed by atoms with Crippen LogP contribution in [0.4, 0.5) is 11.4 Å². The molecule has 0 bridgehead atoms. The van der Waals surface area contributed by atoms with E-state index in [0.29, 0.717) is 28.2 Å². The highest BCUT2D eigenvalue weighted by Gasteiger charge is 2.12. The quantitative estimate of drug-likeness (QED) is 0.439. The Hall–Kier alpha value is -2.72. The Morgan fingerprint density at radius 1 is 1.38 bits per heavy atom. The summed E-state index contributed by atoms with van der Waals surface area (Å²) < 4.78 is 11.5. The third-order valence-corrected chi connectivity index (χ3v) is 3.73. The second kappa shape index (κ2) is 8.22. The van der Waals surface area contributed by atoms with Gasteiger partial charge in [0.2, 0.25) is 0 Å². The molecule has 1 N–H and O–H groups in total. The van der Waals surface area contributed by atoms with Crippen LogP contribution in [0.25, 0.3) is 0 Å². The summed E-state index contributed by atoms with van der Waals surface area (Å²) >= 11 is 3.44. The molecule has 0 saturated carbocycles. The van der Waals surface area contributed by atoms with Crippen molar-refractivity contribution < 1.29 is 14.4 Å². The minimum Gasteiger partial charge on any atom is -0.493 e. The van der Waals surface area contributed by atoms with Crippen molar-refractivity contribution >= 4 is 27.3 Å². The van der Waals surface area contributed by atoms with Crippen molar-refractivity contribution in [3.63, 3.8) is 0 Å². The van der Waals surface area contributed by atoms with E-state index in [0.717, 1.165) is 5.56 Å². The highest BCUT2D eigenvalue weighted by molar-refractivity contribution is 9.10. The summed E-state index contributed by atoms with van der Waals surface area (Å²) in [7, 11) is 1.54. The van der Waals surface area contributed by atoms with Gasteiger partial charge in [-0.25, -0.2) is 0 Å². The summed E-state index contributed by atoms with van der Waals surface area (Å²) in [5.41, 5.74) is 1.61. The first-order chi connectivity index (χ1) is 11.5. The average molecular weight is 391 g/mol. The van der Waals surface area contributed by atoms with Gasteiger partial charge in [-0.1, -0.05) is 12.0 Å². The topological polar surface area (TPSA) is 73.6 Å². The highest BCUT2D eigenvalue weighted by atomic mass is 79.9. The summed E-state index contributed by atoms with van der Waals surface area (Å²) in [5.74, 6) is 3.49. The molecular weight excluding hydrogens is 376 g/mol. The number of nitrogens with zero attached hydrogens (tertiary/aromatic N) is 1. The number of nitro benzene ring substituents is 1. The van der Waals surface area contributed by atoms with E-state index in [4.69, 9.17) is 15.9 Å². The van der Waals surface area contributed by atoms with Gasteiger partial charge in [0.1, 0.15) is 6.61 Å². The van der Waals surface area contributed by atoms with E-state index in [1.807, 2.05) is 12.1 Å². The third kappa shape index (κ3) is 4.40. The number of nitrogens with one attached hydrogen (secondary N) is 1. The Labute approximate surface area is 148 Å². The predicted molar refractivity (Wildman–Crippen MR) is 95.4 cm³/mol. The average Bonchev–Trinajstić information content (AvgIpc) is 2.58. The molecule has 0 radical (unpaired) electrons. The maximum atomic E-state index is 10.8. The van der Waals surface area contributed by atoms with Crippen molar-refractivity contribution in [1.82, 2.24) is 0 Å². The van der Waals surface area contributed by atoms with Gasteiger partial charge in [-0.05, 0) is 39.7 Å². The Balaban J connectivity index is 2.15. The molecule has 0 aliphatic heterocycles. The monoisotopic (exact) mass is 390 g/mol. The van der Waals surface area contributed by atoms with Crippen LogP contribution in [0.1, 0.15) is 5.56 Å². The van der Waals surface area contributed by atoms with Gasteiger partial charge >= 0.3 is 0 Å². The lowest BCUT2D eigenvalue weighted by Gasteiger charge is -2.14. The molecule has 0 heterocycles. The number of hydrogen-bond acceptors (Lipinski definition) is 5. The van der Waals surface area contributed by atoms with Crippen LogP contribution in [0, 0.1) is 22.5 Å². The Kier molecular flexibility index (Phi) is 6.04. The second-order valence-corrected chi connectivity index (χ2v) is 5.62. The van der Waals surface area contributed by atoms with Crippen LogP contribution in [0.3, 0.4) is 0 Å². The zero-order valence-corrected chi connectivity index (χ0v) is 14.5. The van der Waals surface area contributed by atoms with E-state index in [2.05, 4.69) is 27.2 Å². The third-order valence-electron chi connectivity index (χ3n) is 3.14. The maximum absolute atomic E-state index is 10.8. The minimum absolute atomic E-state index is 0.0387. The van der Waals surface area contributed by atoms with Crippen LogP contribution >= 0.6 is 15.9 Å². The van der Waals surface area contributed by atoms with Gasteiger partial charge in [0.15, 0.2) is 11.5 Å². The number of ether oxygens (including phenoxy) is 2. The molecule has 0 aromatic heterocycles. The summed E-state index contributed by atoms with van der Waals surface area (Å²) in [6.45, 7) is 0.603. The van der Waals surface area contributed by atoms with Gasteiger partial charge in [0.25, 0.3) is 5.69 Å². The number of benzene rings is 2. The fourth-order valence-corrected chi connectivity index (χ4v) is 2.67. The van der Waals surface area contributed by atoms with Crippen molar-refractivity contribution in [2.45, 2.75) is 6.54 Å². The highest BCUT2D eigenvalue weighted by Crippen LogP contribution is 2.36. The molecule has 2 aromatic carbocycles. The van der Waals surface area contributed by atoms with Gasteiger partial charge < -0.3 is 14.8 Å². The number of hydrogen-bond donors (Lipinski definition) is 1. The van der Waals surface area contributed by atoms with E-state index in [-0.39, 0.29) is 12.3 Å². The Morgan fingerprint density at radius 2 is 2.17 bits per heavy atom. The lowest BCUT2D eigenvalue weighted by Crippen LogP contribution is -2.03. The first-order valence-electron chi connectivity index (χ1n) is 6.96. The van der Waals surface area contributed by atoms with Crippen molar-refractivity contribution in [3.8, 4) is 23.8 Å². The molecule has 0 spiro atoms. The van der Waals surface area contributed by atoms with Crippen molar-refractivity contribution in [3.05, 3.63) is 56.5 Å². The van der Waals surface area contributed by atoms with E-state index >= 15 is 0 Å². The molecule has 0 amide bonds. The first kappa shape index (κ1) is 17.6. The van der Waals surface area contributed by atoms with Gasteiger partial charge in [0.05, 0.1) is 16.5 Å². The SMILES string of the molecule is C#CCOc1c(Br)cc(CNc2cccc([N+](=O)[O-])c2)cc1OC. The van der Waals surface area contributed by atoms with E-state index in [1.54, 1.807) is 19.2 Å². The van der Waals surface area contributed by atoms with Crippen LogP contribution in [0.2, 0.25) is 0 Å². The molecule has 2 aromatic rings. The second-order valence-electron chi connectivity index (χ2n) is 4.76. The number of terminal acetylenes is 1. The number of nitro groups is 1.